The normalized spacial score (nSPS) is 10.7. The molecule has 2 aromatic rings. The van der Waals surface area contributed by atoms with Crippen molar-refractivity contribution in [3.8, 4) is 0 Å². The number of hydrogen-bond donors (Lipinski definition) is 1. The van der Waals surface area contributed by atoms with Crippen LogP contribution >= 0.6 is 23.2 Å². The average molecular weight is 337 g/mol. The van der Waals surface area contributed by atoms with Crippen molar-refractivity contribution >= 4 is 41.0 Å². The van der Waals surface area contributed by atoms with Gasteiger partial charge in [0.2, 0.25) is 0 Å². The number of benzene rings is 2. The van der Waals surface area contributed by atoms with Crippen molar-refractivity contribution < 1.29 is 9.63 Å². The SMILES string of the molecule is Cc1ccc(NC(=O)CO/N=C/c2ccc(Cl)cc2)c(Cl)c1. The Hall–Kier alpha value is -2.04. The Balaban J connectivity index is 1.81. The zero-order valence-electron chi connectivity index (χ0n) is 11.8. The van der Waals surface area contributed by atoms with Crippen molar-refractivity contribution in [1.29, 1.82) is 0 Å². The van der Waals surface area contributed by atoms with E-state index in [1.165, 1.54) is 6.21 Å². The lowest BCUT2D eigenvalue weighted by atomic mass is 10.2. The maximum atomic E-state index is 11.7. The minimum Gasteiger partial charge on any atom is -0.386 e. The van der Waals surface area contributed by atoms with Crippen molar-refractivity contribution in [2.24, 2.45) is 5.16 Å². The summed E-state index contributed by atoms with van der Waals surface area (Å²) in [6.45, 7) is 1.72. The van der Waals surface area contributed by atoms with E-state index in [0.717, 1.165) is 11.1 Å². The highest BCUT2D eigenvalue weighted by atomic mass is 35.5. The largest absolute Gasteiger partial charge is 0.386 e. The fraction of sp³-hybridized carbons (Fsp3) is 0.125. The van der Waals surface area contributed by atoms with E-state index in [0.29, 0.717) is 15.7 Å². The van der Waals surface area contributed by atoms with Gasteiger partial charge in [-0.3, -0.25) is 4.79 Å². The van der Waals surface area contributed by atoms with Gasteiger partial charge in [-0.25, -0.2) is 0 Å². The van der Waals surface area contributed by atoms with Crippen LogP contribution in [0.1, 0.15) is 11.1 Å². The smallest absolute Gasteiger partial charge is 0.265 e. The first-order valence-corrected chi connectivity index (χ1v) is 7.27. The molecule has 0 saturated carbocycles. The first-order valence-electron chi connectivity index (χ1n) is 6.51. The topological polar surface area (TPSA) is 50.7 Å². The molecule has 4 nitrogen and oxygen atoms in total. The Kier molecular flexibility index (Phi) is 5.81. The van der Waals surface area contributed by atoms with Gasteiger partial charge in [0.1, 0.15) is 0 Å². The van der Waals surface area contributed by atoms with Gasteiger partial charge >= 0.3 is 0 Å². The third-order valence-electron chi connectivity index (χ3n) is 2.74. The lowest BCUT2D eigenvalue weighted by Crippen LogP contribution is -2.17. The Bertz CT molecular complexity index is 685. The molecule has 0 aromatic heterocycles. The van der Waals surface area contributed by atoms with Crippen LogP contribution in [0.3, 0.4) is 0 Å². The van der Waals surface area contributed by atoms with Gasteiger partial charge in [0.15, 0.2) is 6.61 Å². The number of anilines is 1. The van der Waals surface area contributed by atoms with Gasteiger partial charge in [0.25, 0.3) is 5.91 Å². The fourth-order valence-corrected chi connectivity index (χ4v) is 2.06. The van der Waals surface area contributed by atoms with E-state index in [2.05, 4.69) is 10.5 Å². The minimum absolute atomic E-state index is 0.200. The average Bonchev–Trinajstić information content (AvgIpc) is 2.48. The zero-order valence-corrected chi connectivity index (χ0v) is 13.4. The van der Waals surface area contributed by atoms with E-state index in [1.54, 1.807) is 36.4 Å². The molecule has 0 aliphatic carbocycles. The molecule has 0 bridgehead atoms. The van der Waals surface area contributed by atoms with E-state index >= 15 is 0 Å². The number of hydrogen-bond acceptors (Lipinski definition) is 3. The molecular weight excluding hydrogens is 323 g/mol. The quantitative estimate of drug-likeness (QED) is 0.654. The van der Waals surface area contributed by atoms with Gasteiger partial charge in [-0.15, -0.1) is 0 Å². The van der Waals surface area contributed by atoms with Crippen LogP contribution in [0.4, 0.5) is 5.69 Å². The molecule has 2 aromatic carbocycles. The fourth-order valence-electron chi connectivity index (χ4n) is 1.65. The first kappa shape index (κ1) is 16.3. The van der Waals surface area contributed by atoms with Crippen LogP contribution in [0.5, 0.6) is 0 Å². The maximum absolute atomic E-state index is 11.7. The van der Waals surface area contributed by atoms with Crippen LogP contribution in [0, 0.1) is 6.92 Å². The summed E-state index contributed by atoms with van der Waals surface area (Å²) in [7, 11) is 0. The molecule has 1 N–H and O–H groups in total. The number of aryl methyl sites for hydroxylation is 1. The van der Waals surface area contributed by atoms with Crippen molar-refractivity contribution in [2.75, 3.05) is 11.9 Å². The first-order chi connectivity index (χ1) is 10.5. The van der Waals surface area contributed by atoms with E-state index in [1.807, 2.05) is 13.0 Å². The number of amides is 1. The number of nitrogens with zero attached hydrogens (tertiary/aromatic N) is 1. The number of halogens is 2. The number of carbonyl (C=O) groups excluding carboxylic acids is 1. The van der Waals surface area contributed by atoms with E-state index in [-0.39, 0.29) is 12.5 Å². The number of rotatable bonds is 5. The number of oxime groups is 1. The lowest BCUT2D eigenvalue weighted by Gasteiger charge is -2.07. The Morgan fingerprint density at radius 1 is 1.23 bits per heavy atom. The summed E-state index contributed by atoms with van der Waals surface area (Å²) in [6.07, 6.45) is 1.50. The van der Waals surface area contributed by atoms with Crippen LogP contribution in [0.2, 0.25) is 10.0 Å². The third-order valence-corrected chi connectivity index (χ3v) is 3.31. The van der Waals surface area contributed by atoms with Crippen molar-refractivity contribution in [1.82, 2.24) is 0 Å². The predicted molar refractivity (Wildman–Crippen MR) is 89.8 cm³/mol. The summed E-state index contributed by atoms with van der Waals surface area (Å²) in [5.74, 6) is -0.334. The number of carbonyl (C=O) groups is 1. The minimum atomic E-state index is -0.334. The number of nitrogens with one attached hydrogen (secondary N) is 1. The maximum Gasteiger partial charge on any atom is 0.265 e. The van der Waals surface area contributed by atoms with Gasteiger partial charge in [-0.05, 0) is 42.3 Å². The van der Waals surface area contributed by atoms with Gasteiger partial charge in [-0.2, -0.15) is 0 Å². The van der Waals surface area contributed by atoms with Gasteiger partial charge in [0.05, 0.1) is 16.9 Å². The van der Waals surface area contributed by atoms with E-state index < -0.39 is 0 Å². The molecule has 0 unspecified atom stereocenters. The summed E-state index contributed by atoms with van der Waals surface area (Å²) in [4.78, 5) is 16.7. The van der Waals surface area contributed by atoms with E-state index in [4.69, 9.17) is 28.0 Å². The molecule has 0 atom stereocenters. The molecule has 1 amide bonds. The van der Waals surface area contributed by atoms with Crippen LogP contribution in [-0.2, 0) is 9.63 Å². The van der Waals surface area contributed by atoms with Crippen molar-refractivity contribution in [2.45, 2.75) is 6.92 Å². The highest BCUT2D eigenvalue weighted by molar-refractivity contribution is 6.33. The Morgan fingerprint density at radius 3 is 2.64 bits per heavy atom. The molecule has 0 radical (unpaired) electrons. The molecule has 0 saturated heterocycles. The highest BCUT2D eigenvalue weighted by Crippen LogP contribution is 2.22. The second kappa shape index (κ2) is 7.82. The van der Waals surface area contributed by atoms with Crippen molar-refractivity contribution in [3.05, 3.63) is 63.6 Å². The second-order valence-electron chi connectivity index (χ2n) is 4.59. The molecule has 0 fully saturated rings. The van der Waals surface area contributed by atoms with Crippen molar-refractivity contribution in [3.63, 3.8) is 0 Å². The van der Waals surface area contributed by atoms with Gasteiger partial charge in [-0.1, -0.05) is 46.6 Å². The molecule has 0 heterocycles. The summed E-state index contributed by atoms with van der Waals surface area (Å²) >= 11 is 11.8. The zero-order chi connectivity index (χ0) is 15.9. The molecule has 0 spiro atoms. The standard InChI is InChI=1S/C16H14Cl2N2O2/c1-11-2-7-15(14(18)8-11)20-16(21)10-22-19-9-12-3-5-13(17)6-4-12/h2-9H,10H2,1H3,(H,20,21)/b19-9+. The molecule has 2 rings (SSSR count). The Labute approximate surface area is 138 Å². The summed E-state index contributed by atoms with van der Waals surface area (Å²) in [5, 5.41) is 7.51. The molecule has 0 aliphatic rings. The summed E-state index contributed by atoms with van der Waals surface area (Å²) < 4.78 is 0. The van der Waals surface area contributed by atoms with E-state index in [9.17, 15) is 4.79 Å². The summed E-state index contributed by atoms with van der Waals surface area (Å²) in [6, 6.07) is 12.5. The lowest BCUT2D eigenvalue weighted by molar-refractivity contribution is -0.120. The third kappa shape index (κ3) is 5.06. The molecular formula is C16H14Cl2N2O2. The van der Waals surface area contributed by atoms with Crippen LogP contribution in [-0.4, -0.2) is 18.7 Å². The van der Waals surface area contributed by atoms with Crippen LogP contribution < -0.4 is 5.32 Å². The molecule has 22 heavy (non-hydrogen) atoms. The molecule has 0 aliphatic heterocycles. The predicted octanol–water partition coefficient (Wildman–Crippen LogP) is 4.29. The molecule has 6 heteroatoms. The monoisotopic (exact) mass is 336 g/mol. The van der Waals surface area contributed by atoms with Crippen LogP contribution in [0.25, 0.3) is 0 Å². The second-order valence-corrected chi connectivity index (χ2v) is 5.43. The van der Waals surface area contributed by atoms with Crippen LogP contribution in [0.15, 0.2) is 47.6 Å². The molecule has 114 valence electrons. The van der Waals surface area contributed by atoms with Gasteiger partial charge in [0, 0.05) is 5.02 Å². The summed E-state index contributed by atoms with van der Waals surface area (Å²) in [5.41, 5.74) is 2.39. The highest BCUT2D eigenvalue weighted by Gasteiger charge is 2.06. The van der Waals surface area contributed by atoms with Gasteiger partial charge < -0.3 is 10.2 Å². The Morgan fingerprint density at radius 2 is 1.95 bits per heavy atom.